The van der Waals surface area contributed by atoms with Gasteiger partial charge in [-0.05, 0) is 18.4 Å². The Morgan fingerprint density at radius 3 is 2.95 bits per heavy atom. The predicted octanol–water partition coefficient (Wildman–Crippen LogP) is 3.89. The molecule has 0 radical (unpaired) electrons. The first kappa shape index (κ1) is 12.5. The van der Waals surface area contributed by atoms with Crippen molar-refractivity contribution in [2.75, 3.05) is 5.32 Å². The second-order valence-corrected chi connectivity index (χ2v) is 6.79. The van der Waals surface area contributed by atoms with Crippen molar-refractivity contribution < 1.29 is 4.79 Å². The van der Waals surface area contributed by atoms with Gasteiger partial charge >= 0.3 is 0 Å². The summed E-state index contributed by atoms with van der Waals surface area (Å²) in [6.45, 7) is 1.95. The van der Waals surface area contributed by atoms with Gasteiger partial charge < -0.3 is 0 Å². The van der Waals surface area contributed by atoms with Crippen molar-refractivity contribution >= 4 is 45.0 Å². The standard InChI is InChI=1S/C12H9N3OS3/c1-7-5-13-12(19-7)15-10(16)8-6-18-11(14-8)9-3-2-4-17-9/h2-6H,1H3,(H,13,15,16). The molecular formula is C12H9N3OS3. The number of rotatable bonds is 3. The lowest BCUT2D eigenvalue weighted by atomic mass is 10.4. The molecule has 7 heteroatoms. The van der Waals surface area contributed by atoms with Crippen molar-refractivity contribution in [1.82, 2.24) is 9.97 Å². The maximum absolute atomic E-state index is 12.0. The third kappa shape index (κ3) is 2.73. The van der Waals surface area contributed by atoms with Gasteiger partial charge in [0.15, 0.2) is 5.13 Å². The van der Waals surface area contributed by atoms with Crippen LogP contribution in [-0.4, -0.2) is 15.9 Å². The van der Waals surface area contributed by atoms with E-state index in [0.29, 0.717) is 10.8 Å². The van der Waals surface area contributed by atoms with Gasteiger partial charge in [-0.25, -0.2) is 9.97 Å². The Bertz CT molecular complexity index is 699. The van der Waals surface area contributed by atoms with Crippen LogP contribution in [-0.2, 0) is 0 Å². The molecule has 3 rings (SSSR count). The van der Waals surface area contributed by atoms with Crippen LogP contribution in [0.15, 0.2) is 29.1 Å². The molecule has 0 saturated carbocycles. The minimum absolute atomic E-state index is 0.214. The van der Waals surface area contributed by atoms with Crippen molar-refractivity contribution in [2.45, 2.75) is 6.92 Å². The molecule has 3 heterocycles. The number of carbonyl (C=O) groups excluding carboxylic acids is 1. The molecule has 0 aliphatic heterocycles. The van der Waals surface area contributed by atoms with Crippen LogP contribution in [0.1, 0.15) is 15.4 Å². The van der Waals surface area contributed by atoms with Crippen molar-refractivity contribution in [1.29, 1.82) is 0 Å². The van der Waals surface area contributed by atoms with E-state index in [0.717, 1.165) is 14.8 Å². The lowest BCUT2D eigenvalue weighted by molar-refractivity contribution is 0.102. The van der Waals surface area contributed by atoms with Gasteiger partial charge in [0.05, 0.1) is 4.88 Å². The third-order valence-corrected chi connectivity index (χ3v) is 5.02. The zero-order chi connectivity index (χ0) is 13.2. The van der Waals surface area contributed by atoms with E-state index in [9.17, 15) is 4.79 Å². The number of thiophene rings is 1. The van der Waals surface area contributed by atoms with Crippen molar-refractivity contribution in [3.05, 3.63) is 39.7 Å². The number of nitrogens with zero attached hydrogens (tertiary/aromatic N) is 2. The summed E-state index contributed by atoms with van der Waals surface area (Å²) in [6.07, 6.45) is 1.73. The molecule has 0 fully saturated rings. The molecule has 0 saturated heterocycles. The Hall–Kier alpha value is -1.57. The monoisotopic (exact) mass is 307 g/mol. The zero-order valence-electron chi connectivity index (χ0n) is 9.91. The molecule has 4 nitrogen and oxygen atoms in total. The fraction of sp³-hybridized carbons (Fsp3) is 0.0833. The summed E-state index contributed by atoms with van der Waals surface area (Å²) in [6, 6.07) is 3.97. The van der Waals surface area contributed by atoms with E-state index in [1.54, 1.807) is 22.9 Å². The molecule has 96 valence electrons. The number of hydrogen-bond donors (Lipinski definition) is 1. The smallest absolute Gasteiger partial charge is 0.276 e. The lowest BCUT2D eigenvalue weighted by Crippen LogP contribution is -2.11. The normalized spacial score (nSPS) is 10.6. The molecule has 3 aromatic rings. The molecular weight excluding hydrogens is 298 g/mol. The van der Waals surface area contributed by atoms with E-state index < -0.39 is 0 Å². The first-order chi connectivity index (χ1) is 9.22. The maximum Gasteiger partial charge on any atom is 0.276 e. The minimum Gasteiger partial charge on any atom is -0.296 e. The Kier molecular flexibility index (Phi) is 3.41. The number of amides is 1. The number of aromatic nitrogens is 2. The molecule has 0 spiro atoms. The van der Waals surface area contributed by atoms with Gasteiger partial charge in [-0.15, -0.1) is 34.0 Å². The molecule has 0 aliphatic rings. The minimum atomic E-state index is -0.214. The molecule has 1 amide bonds. The summed E-state index contributed by atoms with van der Waals surface area (Å²) < 4.78 is 0. The fourth-order valence-electron chi connectivity index (χ4n) is 1.47. The molecule has 0 unspecified atom stereocenters. The SMILES string of the molecule is Cc1cnc(NC(=O)c2csc(-c3cccs3)n2)s1. The van der Waals surface area contributed by atoms with Gasteiger partial charge in [-0.2, -0.15) is 0 Å². The average Bonchev–Trinajstić information content (AvgIpc) is 3.08. The molecule has 0 aliphatic carbocycles. The Morgan fingerprint density at radius 2 is 2.26 bits per heavy atom. The van der Waals surface area contributed by atoms with Gasteiger partial charge in [0.1, 0.15) is 10.7 Å². The van der Waals surface area contributed by atoms with E-state index in [2.05, 4.69) is 15.3 Å². The van der Waals surface area contributed by atoms with E-state index >= 15 is 0 Å². The van der Waals surface area contributed by atoms with Gasteiger partial charge in [0, 0.05) is 16.5 Å². The van der Waals surface area contributed by atoms with Crippen LogP contribution in [0.2, 0.25) is 0 Å². The molecule has 3 aromatic heterocycles. The summed E-state index contributed by atoms with van der Waals surface area (Å²) in [5, 5.41) is 7.99. The van der Waals surface area contributed by atoms with Crippen molar-refractivity contribution in [3.8, 4) is 9.88 Å². The molecule has 0 aromatic carbocycles. The van der Waals surface area contributed by atoms with Crippen LogP contribution in [0, 0.1) is 6.92 Å². The molecule has 19 heavy (non-hydrogen) atoms. The van der Waals surface area contributed by atoms with Crippen molar-refractivity contribution in [3.63, 3.8) is 0 Å². The summed E-state index contributed by atoms with van der Waals surface area (Å²) in [7, 11) is 0. The summed E-state index contributed by atoms with van der Waals surface area (Å²) in [5.41, 5.74) is 0.432. The zero-order valence-corrected chi connectivity index (χ0v) is 12.4. The summed E-state index contributed by atoms with van der Waals surface area (Å²) in [4.78, 5) is 22.6. The topological polar surface area (TPSA) is 54.9 Å². The Balaban J connectivity index is 1.77. The van der Waals surface area contributed by atoms with Gasteiger partial charge in [-0.3, -0.25) is 10.1 Å². The highest BCUT2D eigenvalue weighted by Crippen LogP contribution is 2.28. The van der Waals surface area contributed by atoms with Gasteiger partial charge in [0.2, 0.25) is 0 Å². The number of carbonyl (C=O) groups is 1. The first-order valence-electron chi connectivity index (χ1n) is 5.45. The largest absolute Gasteiger partial charge is 0.296 e. The van der Waals surface area contributed by atoms with Gasteiger partial charge in [0.25, 0.3) is 5.91 Å². The number of anilines is 1. The number of aryl methyl sites for hydroxylation is 1. The first-order valence-corrected chi connectivity index (χ1v) is 8.03. The van der Waals surface area contributed by atoms with E-state index in [4.69, 9.17) is 0 Å². The Labute approximate surface area is 121 Å². The third-order valence-electron chi connectivity index (χ3n) is 2.31. The molecule has 0 atom stereocenters. The summed E-state index contributed by atoms with van der Waals surface area (Å²) in [5.74, 6) is -0.214. The quantitative estimate of drug-likeness (QED) is 0.798. The molecule has 0 bridgehead atoms. The van der Waals surface area contributed by atoms with Crippen LogP contribution >= 0.6 is 34.0 Å². The number of thiazole rings is 2. The second-order valence-electron chi connectivity index (χ2n) is 3.75. The van der Waals surface area contributed by atoms with Crippen LogP contribution in [0.3, 0.4) is 0 Å². The fourth-order valence-corrected chi connectivity index (χ4v) is 3.74. The van der Waals surface area contributed by atoms with Crippen LogP contribution in [0.25, 0.3) is 9.88 Å². The molecule has 1 N–H and O–H groups in total. The van der Waals surface area contributed by atoms with Gasteiger partial charge in [-0.1, -0.05) is 6.07 Å². The number of hydrogen-bond acceptors (Lipinski definition) is 6. The highest BCUT2D eigenvalue weighted by atomic mass is 32.1. The van der Waals surface area contributed by atoms with E-state index in [-0.39, 0.29) is 5.91 Å². The highest BCUT2D eigenvalue weighted by Gasteiger charge is 2.13. The summed E-state index contributed by atoms with van der Waals surface area (Å²) >= 11 is 4.54. The van der Waals surface area contributed by atoms with Crippen LogP contribution in [0.5, 0.6) is 0 Å². The highest BCUT2D eigenvalue weighted by molar-refractivity contribution is 7.20. The Morgan fingerprint density at radius 1 is 1.37 bits per heavy atom. The number of nitrogens with one attached hydrogen (secondary N) is 1. The average molecular weight is 307 g/mol. The maximum atomic E-state index is 12.0. The lowest BCUT2D eigenvalue weighted by Gasteiger charge is -1.96. The predicted molar refractivity (Wildman–Crippen MR) is 80.2 cm³/mol. The van der Waals surface area contributed by atoms with E-state index in [1.807, 2.05) is 24.4 Å². The van der Waals surface area contributed by atoms with Crippen molar-refractivity contribution in [2.24, 2.45) is 0 Å². The van der Waals surface area contributed by atoms with Crippen LogP contribution in [0.4, 0.5) is 5.13 Å². The van der Waals surface area contributed by atoms with Crippen LogP contribution < -0.4 is 5.32 Å². The van der Waals surface area contributed by atoms with E-state index in [1.165, 1.54) is 22.7 Å². The second kappa shape index (κ2) is 5.20.